The van der Waals surface area contributed by atoms with Crippen LogP contribution in [0.2, 0.25) is 0 Å². The van der Waals surface area contributed by atoms with Crippen molar-refractivity contribution >= 4 is 5.96 Å². The van der Waals surface area contributed by atoms with Crippen LogP contribution >= 0.6 is 0 Å². The Morgan fingerprint density at radius 2 is 2.04 bits per heavy atom. The second-order valence-electron chi connectivity index (χ2n) is 6.12. The summed E-state index contributed by atoms with van der Waals surface area (Å²) >= 11 is 0. The normalized spacial score (nSPS) is 13.0. The summed E-state index contributed by atoms with van der Waals surface area (Å²) in [7, 11) is 5.79. The first kappa shape index (κ1) is 17.1. The molecule has 0 aliphatic rings. The summed E-state index contributed by atoms with van der Waals surface area (Å²) in [5.74, 6) is 1.33. The summed E-state index contributed by atoms with van der Waals surface area (Å²) in [6.07, 6.45) is 3.91. The highest BCUT2D eigenvalue weighted by molar-refractivity contribution is 5.79. The molecule has 0 aliphatic heterocycles. The number of nitrogens with zero attached hydrogens (tertiary/aromatic N) is 4. The van der Waals surface area contributed by atoms with Crippen LogP contribution in [0.3, 0.4) is 0 Å². The van der Waals surface area contributed by atoms with Crippen molar-refractivity contribution in [3.63, 3.8) is 0 Å². The van der Waals surface area contributed by atoms with Crippen LogP contribution in [0.5, 0.6) is 0 Å². The van der Waals surface area contributed by atoms with Crippen LogP contribution < -0.4 is 5.32 Å². The van der Waals surface area contributed by atoms with E-state index in [-0.39, 0.29) is 0 Å². The summed E-state index contributed by atoms with van der Waals surface area (Å²) in [5.41, 5.74) is 3.80. The van der Waals surface area contributed by atoms with Gasteiger partial charge >= 0.3 is 0 Å². The van der Waals surface area contributed by atoms with E-state index in [1.165, 1.54) is 16.7 Å². The lowest BCUT2D eigenvalue weighted by molar-refractivity contribution is 0.473. The molecule has 0 radical (unpaired) electrons. The van der Waals surface area contributed by atoms with E-state index < -0.39 is 0 Å². The maximum absolute atomic E-state index is 4.37. The largest absolute Gasteiger partial charge is 0.356 e. The molecule has 0 saturated heterocycles. The molecule has 0 aliphatic carbocycles. The Balaban J connectivity index is 1.90. The first-order chi connectivity index (χ1) is 11.0. The van der Waals surface area contributed by atoms with Crippen LogP contribution in [0.15, 0.2) is 41.7 Å². The smallest absolute Gasteiger partial charge is 0.193 e. The van der Waals surface area contributed by atoms with Crippen LogP contribution in [0.25, 0.3) is 0 Å². The number of aromatic nitrogens is 2. The summed E-state index contributed by atoms with van der Waals surface area (Å²) in [5, 5.41) is 7.66. The molecule has 23 heavy (non-hydrogen) atoms. The zero-order valence-electron chi connectivity index (χ0n) is 14.7. The highest BCUT2D eigenvalue weighted by Crippen LogP contribution is 2.15. The minimum atomic E-state index is 0.430. The predicted molar refractivity (Wildman–Crippen MR) is 95.6 cm³/mol. The Hall–Kier alpha value is -2.30. The lowest BCUT2D eigenvalue weighted by Gasteiger charge is -2.23. The number of hydrogen-bond donors (Lipinski definition) is 1. The highest BCUT2D eigenvalue weighted by Gasteiger charge is 2.10. The van der Waals surface area contributed by atoms with Crippen molar-refractivity contribution in [2.45, 2.75) is 26.3 Å². The van der Waals surface area contributed by atoms with E-state index in [1.54, 1.807) is 0 Å². The number of hydrogen-bond acceptors (Lipinski definition) is 2. The van der Waals surface area contributed by atoms with Crippen LogP contribution in [0.4, 0.5) is 0 Å². The molecule has 5 heteroatoms. The molecule has 1 atom stereocenters. The van der Waals surface area contributed by atoms with Gasteiger partial charge in [-0.1, -0.05) is 36.8 Å². The van der Waals surface area contributed by atoms with Gasteiger partial charge in [0, 0.05) is 46.0 Å². The second kappa shape index (κ2) is 7.81. The molecule has 2 aromatic rings. The molecule has 0 saturated carbocycles. The first-order valence-corrected chi connectivity index (χ1v) is 7.95. The van der Waals surface area contributed by atoms with Gasteiger partial charge in [0.25, 0.3) is 0 Å². The van der Waals surface area contributed by atoms with Crippen LogP contribution in [-0.4, -0.2) is 41.3 Å². The number of rotatable bonds is 5. The third kappa shape index (κ3) is 4.84. The minimum Gasteiger partial charge on any atom is -0.356 e. The van der Waals surface area contributed by atoms with Crippen molar-refractivity contribution in [1.82, 2.24) is 20.0 Å². The van der Waals surface area contributed by atoms with Crippen molar-refractivity contribution in [2.75, 3.05) is 20.6 Å². The Morgan fingerprint density at radius 1 is 1.35 bits per heavy atom. The van der Waals surface area contributed by atoms with E-state index in [1.807, 2.05) is 38.2 Å². The molecule has 5 nitrogen and oxygen atoms in total. The van der Waals surface area contributed by atoms with Gasteiger partial charge in [-0.3, -0.25) is 9.67 Å². The second-order valence-corrected chi connectivity index (χ2v) is 6.12. The van der Waals surface area contributed by atoms with Gasteiger partial charge in [-0.25, -0.2) is 0 Å². The van der Waals surface area contributed by atoms with Crippen LogP contribution in [-0.2, 0) is 13.6 Å². The molecule has 1 aromatic heterocycles. The first-order valence-electron chi connectivity index (χ1n) is 7.95. The molecule has 2 rings (SSSR count). The van der Waals surface area contributed by atoms with Crippen LogP contribution in [0.1, 0.15) is 29.5 Å². The molecular formula is C18H27N5. The van der Waals surface area contributed by atoms with Gasteiger partial charge in [0.15, 0.2) is 5.96 Å². The third-order valence-electron chi connectivity index (χ3n) is 3.96. The van der Waals surface area contributed by atoms with E-state index in [2.05, 4.69) is 58.4 Å². The number of benzene rings is 1. The van der Waals surface area contributed by atoms with Crippen LogP contribution in [0, 0.1) is 6.92 Å². The zero-order chi connectivity index (χ0) is 16.8. The molecule has 1 heterocycles. The average Bonchev–Trinajstić information content (AvgIpc) is 2.93. The summed E-state index contributed by atoms with van der Waals surface area (Å²) in [4.78, 5) is 6.48. The number of aryl methyl sites for hydroxylation is 2. The molecule has 1 unspecified atom stereocenters. The average molecular weight is 313 g/mol. The van der Waals surface area contributed by atoms with Crippen molar-refractivity contribution < 1.29 is 0 Å². The Morgan fingerprint density at radius 3 is 2.61 bits per heavy atom. The molecule has 0 spiro atoms. The van der Waals surface area contributed by atoms with Gasteiger partial charge < -0.3 is 10.2 Å². The van der Waals surface area contributed by atoms with E-state index >= 15 is 0 Å². The van der Waals surface area contributed by atoms with Crippen molar-refractivity contribution in [3.8, 4) is 0 Å². The third-order valence-corrected chi connectivity index (χ3v) is 3.96. The summed E-state index contributed by atoms with van der Waals surface area (Å²) in [6, 6.07) is 8.72. The highest BCUT2D eigenvalue weighted by atomic mass is 15.3. The van der Waals surface area contributed by atoms with Crippen molar-refractivity contribution in [2.24, 2.45) is 12.0 Å². The summed E-state index contributed by atoms with van der Waals surface area (Å²) < 4.78 is 1.82. The fraction of sp³-hybridized carbons (Fsp3) is 0.444. The number of aliphatic imine (C=N–C) groups is 1. The Bertz CT molecular complexity index is 642. The SMILES string of the molecule is CN=C(NCC(C)c1ccc(C)cc1)N(C)Cc1cnn(C)c1. The fourth-order valence-corrected chi connectivity index (χ4v) is 2.54. The molecule has 0 fully saturated rings. The molecule has 1 N–H and O–H groups in total. The molecule has 0 amide bonds. The lowest BCUT2D eigenvalue weighted by atomic mass is 10.0. The van der Waals surface area contributed by atoms with Crippen molar-refractivity contribution in [1.29, 1.82) is 0 Å². The Kier molecular flexibility index (Phi) is 5.79. The van der Waals surface area contributed by atoms with E-state index in [4.69, 9.17) is 0 Å². The van der Waals surface area contributed by atoms with Gasteiger partial charge in [0.1, 0.15) is 0 Å². The molecule has 1 aromatic carbocycles. The maximum atomic E-state index is 4.37. The monoisotopic (exact) mass is 313 g/mol. The van der Waals surface area contributed by atoms with E-state index in [0.29, 0.717) is 5.92 Å². The quantitative estimate of drug-likeness (QED) is 0.681. The van der Waals surface area contributed by atoms with Crippen molar-refractivity contribution in [3.05, 3.63) is 53.3 Å². The Labute approximate surface area is 139 Å². The zero-order valence-corrected chi connectivity index (χ0v) is 14.7. The predicted octanol–water partition coefficient (Wildman–Crippen LogP) is 2.54. The standard InChI is InChI=1S/C18H27N5/c1-14-6-8-17(9-7-14)15(2)10-20-18(19-3)22(4)12-16-11-21-23(5)13-16/h6-9,11,13,15H,10,12H2,1-5H3,(H,19,20). The topological polar surface area (TPSA) is 45.5 Å². The fourth-order valence-electron chi connectivity index (χ4n) is 2.54. The minimum absolute atomic E-state index is 0.430. The van der Waals surface area contributed by atoms with E-state index in [0.717, 1.165) is 19.0 Å². The van der Waals surface area contributed by atoms with Gasteiger partial charge in [-0.05, 0) is 18.4 Å². The maximum Gasteiger partial charge on any atom is 0.193 e. The number of nitrogens with one attached hydrogen (secondary N) is 1. The molecule has 0 bridgehead atoms. The van der Waals surface area contributed by atoms with Gasteiger partial charge in [-0.2, -0.15) is 5.10 Å². The number of guanidine groups is 1. The van der Waals surface area contributed by atoms with Gasteiger partial charge in [0.05, 0.1) is 6.20 Å². The molecular weight excluding hydrogens is 286 g/mol. The van der Waals surface area contributed by atoms with E-state index in [9.17, 15) is 0 Å². The molecule has 124 valence electrons. The van der Waals surface area contributed by atoms with Gasteiger partial charge in [0.2, 0.25) is 0 Å². The lowest BCUT2D eigenvalue weighted by Crippen LogP contribution is -2.40. The van der Waals surface area contributed by atoms with Gasteiger partial charge in [-0.15, -0.1) is 0 Å². The summed E-state index contributed by atoms with van der Waals surface area (Å²) in [6.45, 7) is 5.98.